The van der Waals surface area contributed by atoms with Crippen LogP contribution in [-0.4, -0.2) is 6.15 Å². The average molecular weight is 989 g/mol. The first-order valence-corrected chi connectivity index (χ1v) is 18.0. The van der Waals surface area contributed by atoms with Crippen LogP contribution in [0.4, 0.5) is 105 Å². The van der Waals surface area contributed by atoms with Crippen molar-refractivity contribution in [3.8, 4) is 0 Å². The van der Waals surface area contributed by atoms with Crippen molar-refractivity contribution in [1.82, 2.24) is 0 Å². The van der Waals surface area contributed by atoms with Crippen molar-refractivity contribution in [3.05, 3.63) is 147 Å². The number of thiazole rings is 1. The molecule has 0 unspecified atom stereocenters. The summed E-state index contributed by atoms with van der Waals surface area (Å²) < 4.78 is 343. The smallest absolute Gasteiger partial charge is 0.194 e. The number of hydrogen-bond acceptors (Lipinski definition) is 1. The number of nitrogens with zero attached hydrogens (tertiary/aromatic N) is 1. The van der Waals surface area contributed by atoms with E-state index in [0.717, 1.165) is 6.54 Å². The fraction of sp³-hybridized carbons (Fsp3) is 0.237. The van der Waals surface area contributed by atoms with E-state index in [4.69, 9.17) is 0 Å². The number of allylic oxidation sites excluding steroid dienone is 1. The summed E-state index contributed by atoms with van der Waals surface area (Å²) in [6, 6.07) is -8.81. The molecule has 354 valence electrons. The Morgan fingerprint density at radius 2 is 0.569 bits per heavy atom. The molecule has 0 aliphatic carbocycles. The average Bonchev–Trinajstić information content (AvgIpc) is 3.66. The molecule has 4 aromatic carbocycles. The van der Waals surface area contributed by atoms with E-state index in [2.05, 4.69) is 16.7 Å². The normalized spacial score (nSPS) is 13.7. The lowest BCUT2D eigenvalue weighted by Gasteiger charge is -2.46. The molecule has 1 nitrogen and oxygen atoms in total. The minimum atomic E-state index is -6.13. The molecule has 0 N–H and O–H groups in total. The standard InChI is InChI=1S/C32H12BF24.C6H8NS/c34-25(35,36)13-1-14(26(37,38)39)6-21(5-13)33(22-7-15(27(40,41)42)2-16(8-22)28(43,44)45,23-9-17(29(46,47)48)3-18(10-23)30(49,50)51)24-11-19(31(52,53)54)4-20(12-24)32(55,56)57;1-2-3-7-4-5-8-6-7/h1-12H;2,4-6H,1,3H2/q-1;+1. The molecule has 0 aliphatic heterocycles. The van der Waals surface area contributed by atoms with Crippen LogP contribution in [0.3, 0.4) is 0 Å². The predicted octanol–water partition coefficient (Wildman–Crippen LogP) is 12.4. The van der Waals surface area contributed by atoms with Gasteiger partial charge in [-0.25, -0.2) is 0 Å². The largest absolute Gasteiger partial charge is 0.416 e. The molecule has 0 radical (unpaired) electrons. The van der Waals surface area contributed by atoms with E-state index in [1.807, 2.05) is 17.7 Å². The topological polar surface area (TPSA) is 3.88 Å². The maximum atomic E-state index is 14.2. The van der Waals surface area contributed by atoms with Gasteiger partial charge in [-0.15, -0.1) is 0 Å². The van der Waals surface area contributed by atoms with Crippen LogP contribution >= 0.6 is 11.3 Å². The monoisotopic (exact) mass is 989 g/mol. The van der Waals surface area contributed by atoms with E-state index in [1.165, 1.54) is 0 Å². The van der Waals surface area contributed by atoms with Crippen molar-refractivity contribution in [3.63, 3.8) is 0 Å². The van der Waals surface area contributed by atoms with Crippen LogP contribution in [0, 0.1) is 0 Å². The van der Waals surface area contributed by atoms with Gasteiger partial charge in [-0.05, 0) is 30.3 Å². The number of aromatic nitrogens is 1. The van der Waals surface area contributed by atoms with Crippen LogP contribution < -0.4 is 26.4 Å². The number of halogens is 24. The lowest BCUT2D eigenvalue weighted by molar-refractivity contribution is -0.682. The van der Waals surface area contributed by atoms with Crippen LogP contribution in [-0.2, 0) is 56.0 Å². The van der Waals surface area contributed by atoms with E-state index in [9.17, 15) is 105 Å². The summed E-state index contributed by atoms with van der Waals surface area (Å²) in [6.45, 7) is 4.54. The van der Waals surface area contributed by atoms with Gasteiger partial charge in [-0.1, -0.05) is 66.4 Å². The van der Waals surface area contributed by atoms with Crippen molar-refractivity contribution < 1.29 is 110 Å². The van der Waals surface area contributed by atoms with Gasteiger partial charge in [0.1, 0.15) is 6.15 Å². The second-order valence-electron chi connectivity index (χ2n) is 13.7. The lowest BCUT2D eigenvalue weighted by Crippen LogP contribution is -2.75. The Morgan fingerprint density at radius 3 is 0.708 bits per heavy atom. The molecule has 65 heavy (non-hydrogen) atoms. The lowest BCUT2D eigenvalue weighted by atomic mass is 9.12. The van der Waals surface area contributed by atoms with Crippen LogP contribution in [0.1, 0.15) is 44.5 Å². The second-order valence-corrected chi connectivity index (χ2v) is 14.5. The second kappa shape index (κ2) is 17.5. The summed E-state index contributed by atoms with van der Waals surface area (Å²) in [5.41, 5.74) is -28.1. The minimum Gasteiger partial charge on any atom is -0.194 e. The fourth-order valence-corrected chi connectivity index (χ4v) is 7.19. The van der Waals surface area contributed by atoms with Gasteiger partial charge in [-0.2, -0.15) is 132 Å². The Balaban J connectivity index is 0.00000104. The summed E-state index contributed by atoms with van der Waals surface area (Å²) >= 11 is 1.69. The molecule has 0 fully saturated rings. The van der Waals surface area contributed by atoms with Gasteiger partial charge in [-0.3, -0.25) is 0 Å². The molecule has 0 atom stereocenters. The summed E-state index contributed by atoms with van der Waals surface area (Å²) in [7, 11) is 0. The first kappa shape index (κ1) is 52.3. The number of benzene rings is 4. The molecule has 5 rings (SSSR count). The molecule has 0 aliphatic rings. The Morgan fingerprint density at radius 1 is 0.369 bits per heavy atom. The minimum absolute atomic E-state index is 0.691. The molecular weight excluding hydrogens is 969 g/mol. The van der Waals surface area contributed by atoms with Gasteiger partial charge in [0.15, 0.2) is 12.7 Å². The van der Waals surface area contributed by atoms with E-state index < -0.39 is 195 Å². The Hall–Kier alpha value is -5.37. The zero-order chi connectivity index (χ0) is 49.7. The molecule has 0 bridgehead atoms. The Kier molecular flexibility index (Phi) is 14.0. The van der Waals surface area contributed by atoms with Crippen molar-refractivity contribution >= 4 is 39.3 Å². The van der Waals surface area contributed by atoms with Gasteiger partial charge in [0.05, 0.1) is 49.9 Å². The first-order chi connectivity index (χ1) is 29.2. The third-order valence-electron chi connectivity index (χ3n) is 9.31. The summed E-state index contributed by atoms with van der Waals surface area (Å²) in [6.07, 6.45) is -50.9. The van der Waals surface area contributed by atoms with Crippen molar-refractivity contribution in [2.75, 3.05) is 0 Å². The number of hydrogen-bond donors (Lipinski definition) is 0. The van der Waals surface area contributed by atoms with Crippen molar-refractivity contribution in [1.29, 1.82) is 0 Å². The Labute approximate surface area is 352 Å². The highest BCUT2D eigenvalue weighted by atomic mass is 32.1. The molecule has 0 saturated carbocycles. The zero-order valence-corrected chi connectivity index (χ0v) is 32.0. The number of rotatable bonds is 6. The van der Waals surface area contributed by atoms with Crippen LogP contribution in [0.25, 0.3) is 0 Å². The van der Waals surface area contributed by atoms with E-state index in [-0.39, 0.29) is 0 Å². The molecule has 1 aromatic heterocycles. The van der Waals surface area contributed by atoms with Crippen molar-refractivity contribution in [2.45, 2.75) is 56.0 Å². The predicted molar refractivity (Wildman–Crippen MR) is 185 cm³/mol. The third kappa shape index (κ3) is 12.1. The Bertz CT molecular complexity index is 2040. The van der Waals surface area contributed by atoms with Crippen LogP contribution in [0.15, 0.2) is 103 Å². The summed E-state index contributed by atoms with van der Waals surface area (Å²) in [5.74, 6) is 0. The van der Waals surface area contributed by atoms with Gasteiger partial charge in [0.25, 0.3) is 0 Å². The first-order valence-electron chi connectivity index (χ1n) is 17.1. The van der Waals surface area contributed by atoms with Gasteiger partial charge >= 0.3 is 49.4 Å². The molecule has 27 heteroatoms. The summed E-state index contributed by atoms with van der Waals surface area (Å²) in [5, 5.41) is 2.05. The van der Waals surface area contributed by atoms with Gasteiger partial charge in [0.2, 0.25) is 5.51 Å². The fourth-order valence-electron chi connectivity index (χ4n) is 6.59. The molecule has 1 heterocycles. The van der Waals surface area contributed by atoms with E-state index in [1.54, 1.807) is 11.3 Å². The van der Waals surface area contributed by atoms with Gasteiger partial charge < -0.3 is 0 Å². The highest BCUT2D eigenvalue weighted by molar-refractivity contribution is 7.20. The molecule has 0 spiro atoms. The van der Waals surface area contributed by atoms with Crippen LogP contribution in [0.5, 0.6) is 0 Å². The van der Waals surface area contributed by atoms with Crippen molar-refractivity contribution in [2.24, 2.45) is 0 Å². The zero-order valence-electron chi connectivity index (χ0n) is 31.2. The third-order valence-corrected chi connectivity index (χ3v) is 9.98. The molecule has 0 amide bonds. The highest BCUT2D eigenvalue weighted by Crippen LogP contribution is 2.41. The van der Waals surface area contributed by atoms with E-state index in [0.29, 0.717) is 0 Å². The molecule has 5 aromatic rings. The van der Waals surface area contributed by atoms with E-state index >= 15 is 0 Å². The SMILES string of the molecule is C=CC[n+]1ccsc1.FC(F)(F)c1cc([B-](c2cc(C(F)(F)F)cc(C(F)(F)F)c2)(c2cc(C(F)(F)F)cc(C(F)(F)F)c2)c2cc(C(F)(F)F)cc(C(F)(F)F)c2)cc(C(F)(F)F)c1. The summed E-state index contributed by atoms with van der Waals surface area (Å²) in [4.78, 5) is 0. The van der Waals surface area contributed by atoms with Gasteiger partial charge in [0, 0.05) is 0 Å². The van der Waals surface area contributed by atoms with Crippen LogP contribution in [0.2, 0.25) is 0 Å². The quantitative estimate of drug-likeness (QED) is 0.0691. The molecule has 0 saturated heterocycles. The molecular formula is C38H20BF24NS. The maximum Gasteiger partial charge on any atom is 0.416 e. The highest BCUT2D eigenvalue weighted by Gasteiger charge is 2.47. The number of alkyl halides is 24. The maximum absolute atomic E-state index is 14.2.